The number of nitrogens with one attached hydrogen (secondary N) is 1. The number of likely N-dealkylation sites (tertiary alicyclic amines) is 1. The summed E-state index contributed by atoms with van der Waals surface area (Å²) < 4.78 is 45.7. The van der Waals surface area contributed by atoms with Crippen LogP contribution in [0, 0.1) is 11.6 Å². The lowest BCUT2D eigenvalue weighted by Crippen LogP contribution is -2.33. The summed E-state index contributed by atoms with van der Waals surface area (Å²) in [6.07, 6.45) is 12.0. The summed E-state index contributed by atoms with van der Waals surface area (Å²) in [6.45, 7) is 5.87. The summed E-state index contributed by atoms with van der Waals surface area (Å²) >= 11 is 3.35. The molecule has 0 unspecified atom stereocenters. The molecule has 2 saturated heterocycles. The average Bonchev–Trinajstić information content (AvgIpc) is 3.95. The molecule has 4 aromatic carbocycles. The second-order valence-corrected chi connectivity index (χ2v) is 17.8. The van der Waals surface area contributed by atoms with Gasteiger partial charge in [0.2, 0.25) is 0 Å². The van der Waals surface area contributed by atoms with E-state index in [9.17, 15) is 18.4 Å². The molecule has 0 atom stereocenters. The van der Waals surface area contributed by atoms with E-state index in [-0.39, 0.29) is 22.8 Å². The first-order chi connectivity index (χ1) is 31.6. The van der Waals surface area contributed by atoms with Crippen LogP contribution in [-0.4, -0.2) is 69.0 Å². The number of fused-ring (bicyclic) bond motifs is 4. The molecule has 65 heavy (non-hydrogen) atoms. The standard InChI is InChI=1S/C26H28FN3O2.C13H14BrNO2.C12H13FN2O/c1-29-13-9-19-6-5-18(16-23(19)26(29)31)4-2-3-12-30-14-10-20(11-15-30)25-22-8-7-21(27)17-24(22)32-28-25;1-15-7-5-10-3-4-11(17-8-2-6-14)9-12(10)13(15)16;13-9-1-2-10-11(7-9)16-15-12(10)8-3-5-14-6-4-8/h5-9,13,16-17,20H,2-4,10-12,14-15H2,1H3;3-5,7,9H,2,6,8H2,1H3;1-2,7-8,14H,3-6H2. The van der Waals surface area contributed by atoms with Crippen LogP contribution in [0.3, 0.4) is 0 Å². The third kappa shape index (κ3) is 11.2. The first-order valence-electron chi connectivity index (χ1n) is 22.5. The lowest BCUT2D eigenvalue weighted by atomic mass is 9.91. The van der Waals surface area contributed by atoms with Crippen LogP contribution in [-0.2, 0) is 20.5 Å². The molecule has 2 aliphatic heterocycles. The molecule has 11 nitrogen and oxygen atoms in total. The minimum absolute atomic E-state index is 0.00782. The van der Waals surface area contributed by atoms with Crippen molar-refractivity contribution in [2.45, 2.75) is 63.2 Å². The predicted octanol–water partition coefficient (Wildman–Crippen LogP) is 10.2. The number of unbranched alkanes of at least 4 members (excludes halogenated alkanes) is 1. The molecule has 4 aromatic heterocycles. The number of halogens is 3. The number of hydrogen-bond acceptors (Lipinski definition) is 9. The molecule has 2 aliphatic rings. The van der Waals surface area contributed by atoms with Crippen molar-refractivity contribution in [3.8, 4) is 5.75 Å². The Kier molecular flexibility index (Phi) is 15.2. The van der Waals surface area contributed by atoms with E-state index in [2.05, 4.69) is 54.7 Å². The number of pyridine rings is 2. The number of hydrogen-bond donors (Lipinski definition) is 1. The van der Waals surface area contributed by atoms with Gasteiger partial charge >= 0.3 is 0 Å². The summed E-state index contributed by atoms with van der Waals surface area (Å²) in [7, 11) is 3.54. The van der Waals surface area contributed by atoms with Crippen LogP contribution >= 0.6 is 15.9 Å². The van der Waals surface area contributed by atoms with Crippen LogP contribution in [0.15, 0.2) is 116 Å². The SMILES string of the molecule is Cn1ccc2ccc(CCCCN3CCC(c4noc5cc(F)ccc45)CC3)cc2c1=O.Cn1ccc2ccc(OCCCBr)cc2c1=O.Fc1ccc2c(C3CCNCC3)noc2c1. The Morgan fingerprint density at radius 1 is 0.677 bits per heavy atom. The quantitative estimate of drug-likeness (QED) is 0.0998. The van der Waals surface area contributed by atoms with E-state index < -0.39 is 0 Å². The molecule has 10 rings (SSSR count). The average molecular weight is 950 g/mol. The van der Waals surface area contributed by atoms with Crippen molar-refractivity contribution in [2.75, 3.05) is 44.7 Å². The maximum Gasteiger partial charge on any atom is 0.258 e. The zero-order valence-electron chi connectivity index (χ0n) is 36.9. The van der Waals surface area contributed by atoms with Gasteiger partial charge in [-0.25, -0.2) is 8.78 Å². The number of nitrogens with zero attached hydrogens (tertiary/aromatic N) is 5. The summed E-state index contributed by atoms with van der Waals surface area (Å²) in [6, 6.07) is 25.1. The highest BCUT2D eigenvalue weighted by molar-refractivity contribution is 9.09. The van der Waals surface area contributed by atoms with Gasteiger partial charge in [-0.2, -0.15) is 0 Å². The highest BCUT2D eigenvalue weighted by atomic mass is 79.9. The number of aromatic nitrogens is 4. The fourth-order valence-electron chi connectivity index (χ4n) is 8.83. The third-order valence-corrected chi connectivity index (χ3v) is 13.1. The van der Waals surface area contributed by atoms with Crippen molar-refractivity contribution < 1.29 is 22.6 Å². The normalized spacial score (nSPS) is 15.0. The summed E-state index contributed by atoms with van der Waals surface area (Å²) in [4.78, 5) is 26.8. The number of ether oxygens (including phenoxy) is 1. The Balaban J connectivity index is 0.000000147. The highest BCUT2D eigenvalue weighted by Crippen LogP contribution is 2.33. The Morgan fingerprint density at radius 3 is 1.85 bits per heavy atom. The Bertz CT molecular complexity index is 2990. The molecule has 0 aliphatic carbocycles. The molecule has 14 heteroatoms. The van der Waals surface area contributed by atoms with Crippen molar-refractivity contribution in [3.05, 3.63) is 147 Å². The van der Waals surface area contributed by atoms with Crippen molar-refractivity contribution >= 4 is 59.4 Å². The van der Waals surface area contributed by atoms with Gasteiger partial charge in [0.15, 0.2) is 11.2 Å². The van der Waals surface area contributed by atoms with Crippen LogP contribution in [0.2, 0.25) is 0 Å². The zero-order chi connectivity index (χ0) is 45.3. The maximum absolute atomic E-state index is 13.4. The van der Waals surface area contributed by atoms with Crippen LogP contribution in [0.1, 0.15) is 73.7 Å². The van der Waals surface area contributed by atoms with Crippen LogP contribution in [0.25, 0.3) is 43.5 Å². The van der Waals surface area contributed by atoms with Crippen LogP contribution in [0.4, 0.5) is 8.78 Å². The lowest BCUT2D eigenvalue weighted by molar-refractivity contribution is 0.206. The van der Waals surface area contributed by atoms with Gasteiger partial charge in [-0.3, -0.25) is 9.59 Å². The molecular formula is C51H55BrF2N6O5. The van der Waals surface area contributed by atoms with Crippen molar-refractivity contribution in [2.24, 2.45) is 14.1 Å². The van der Waals surface area contributed by atoms with Gasteiger partial charge in [0.1, 0.15) is 17.4 Å². The molecule has 0 amide bonds. The van der Waals surface area contributed by atoms with Gasteiger partial charge in [-0.1, -0.05) is 44.4 Å². The minimum Gasteiger partial charge on any atom is -0.494 e. The number of benzene rings is 4. The molecule has 2 fully saturated rings. The molecule has 0 saturated carbocycles. The fourth-order valence-corrected chi connectivity index (χ4v) is 9.06. The molecular weight excluding hydrogens is 894 g/mol. The maximum atomic E-state index is 13.4. The lowest BCUT2D eigenvalue weighted by Gasteiger charge is -2.31. The van der Waals surface area contributed by atoms with E-state index >= 15 is 0 Å². The first kappa shape index (κ1) is 45.9. The van der Waals surface area contributed by atoms with E-state index in [1.54, 1.807) is 41.6 Å². The summed E-state index contributed by atoms with van der Waals surface area (Å²) in [5.41, 5.74) is 4.35. The van der Waals surface area contributed by atoms with E-state index in [1.165, 1.54) is 29.8 Å². The molecule has 8 aromatic rings. The second-order valence-electron chi connectivity index (χ2n) is 17.0. The largest absolute Gasteiger partial charge is 0.494 e. The minimum atomic E-state index is -0.291. The van der Waals surface area contributed by atoms with Crippen LogP contribution in [0.5, 0.6) is 5.75 Å². The molecule has 0 bridgehead atoms. The van der Waals surface area contributed by atoms with Crippen LogP contribution < -0.4 is 21.2 Å². The van der Waals surface area contributed by atoms with E-state index in [1.807, 2.05) is 36.5 Å². The Labute approximate surface area is 384 Å². The van der Waals surface area contributed by atoms with Crippen molar-refractivity contribution in [3.63, 3.8) is 0 Å². The molecule has 6 heterocycles. The zero-order valence-corrected chi connectivity index (χ0v) is 38.5. The Morgan fingerprint density at radius 2 is 1.25 bits per heavy atom. The van der Waals surface area contributed by atoms with Gasteiger partial charge in [-0.15, -0.1) is 0 Å². The molecule has 0 radical (unpaired) electrons. The third-order valence-electron chi connectivity index (χ3n) is 12.6. The van der Waals surface area contributed by atoms with Crippen molar-refractivity contribution in [1.29, 1.82) is 0 Å². The van der Waals surface area contributed by atoms with Gasteiger partial charge in [0.25, 0.3) is 11.1 Å². The molecule has 340 valence electrons. The van der Waals surface area contributed by atoms with E-state index in [0.29, 0.717) is 35.0 Å². The second kappa shape index (κ2) is 21.5. The van der Waals surface area contributed by atoms with Gasteiger partial charge in [-0.05, 0) is 155 Å². The number of piperidine rings is 2. The van der Waals surface area contributed by atoms with E-state index in [0.717, 1.165) is 133 Å². The van der Waals surface area contributed by atoms with Gasteiger partial charge in [0, 0.05) is 71.9 Å². The predicted molar refractivity (Wildman–Crippen MR) is 256 cm³/mol. The fraction of sp³-hybridized carbons (Fsp3) is 0.373. The summed E-state index contributed by atoms with van der Waals surface area (Å²) in [5, 5.41) is 17.9. The number of alkyl halides is 1. The van der Waals surface area contributed by atoms with E-state index in [4.69, 9.17) is 13.8 Å². The van der Waals surface area contributed by atoms with Crippen molar-refractivity contribution in [1.82, 2.24) is 29.7 Å². The summed E-state index contributed by atoms with van der Waals surface area (Å²) in [5.74, 6) is 0.995. The van der Waals surface area contributed by atoms with Gasteiger partial charge in [0.05, 0.1) is 23.4 Å². The molecule has 0 spiro atoms. The Hall–Kier alpha value is -5.70. The van der Waals surface area contributed by atoms with Gasteiger partial charge < -0.3 is 33.1 Å². The molecule has 1 N–H and O–H groups in total. The monoisotopic (exact) mass is 948 g/mol. The topological polar surface area (TPSA) is 121 Å². The first-order valence-corrected chi connectivity index (χ1v) is 23.7. The smallest absolute Gasteiger partial charge is 0.258 e. The highest BCUT2D eigenvalue weighted by Gasteiger charge is 2.25. The number of rotatable bonds is 11. The number of aryl methyl sites for hydroxylation is 3.